The van der Waals surface area contributed by atoms with Crippen molar-refractivity contribution in [3.63, 3.8) is 0 Å². The molecule has 0 saturated carbocycles. The number of carbonyl (C=O) groups is 2. The molecule has 0 amide bonds. The fourth-order valence-corrected chi connectivity index (χ4v) is 6.72. The van der Waals surface area contributed by atoms with Crippen LogP contribution in [0.4, 0.5) is 0 Å². The fraction of sp³-hybridized carbons (Fsp3) is 0.864. The molecule has 0 aliphatic rings. The molecule has 8 nitrogen and oxygen atoms in total. The topological polar surface area (TPSA) is 119 Å². The Hall–Kier alpha value is -1.47. The zero-order chi connectivity index (χ0) is 38.9. The van der Waals surface area contributed by atoms with Gasteiger partial charge in [-0.1, -0.05) is 173 Å². The lowest BCUT2D eigenvalue weighted by Gasteiger charge is -2.18. The predicted molar refractivity (Wildman–Crippen MR) is 221 cm³/mol. The second-order valence-corrected chi connectivity index (χ2v) is 16.3. The number of allylic oxidation sites excluding steroid dienone is 4. The first-order valence-corrected chi connectivity index (χ1v) is 23.7. The molecule has 0 aromatic heterocycles. The van der Waals surface area contributed by atoms with Gasteiger partial charge in [0.25, 0.3) is 0 Å². The number of ether oxygens (including phenoxy) is 2. The van der Waals surface area contributed by atoms with Gasteiger partial charge in [-0.3, -0.25) is 14.1 Å². The summed E-state index contributed by atoms with van der Waals surface area (Å²) in [5.41, 5.74) is 0. The van der Waals surface area contributed by atoms with Crippen molar-refractivity contribution in [2.75, 3.05) is 13.2 Å². The summed E-state index contributed by atoms with van der Waals surface area (Å²) < 4.78 is 26.4. The predicted octanol–water partition coefficient (Wildman–Crippen LogP) is 13.6. The van der Waals surface area contributed by atoms with Crippen LogP contribution in [-0.4, -0.2) is 41.0 Å². The van der Waals surface area contributed by atoms with Gasteiger partial charge >= 0.3 is 19.8 Å². The van der Waals surface area contributed by atoms with E-state index in [0.29, 0.717) is 6.42 Å². The maximum atomic E-state index is 12.4. The normalized spacial score (nSPS) is 12.6. The van der Waals surface area contributed by atoms with Crippen LogP contribution in [0.1, 0.15) is 226 Å². The van der Waals surface area contributed by atoms with Crippen LogP contribution in [0.25, 0.3) is 0 Å². The van der Waals surface area contributed by atoms with E-state index in [2.05, 4.69) is 42.7 Å². The summed E-state index contributed by atoms with van der Waals surface area (Å²) in [6.45, 7) is 3.69. The Morgan fingerprint density at radius 2 is 0.792 bits per heavy atom. The van der Waals surface area contributed by atoms with E-state index >= 15 is 0 Å². The van der Waals surface area contributed by atoms with Crippen molar-refractivity contribution in [1.82, 2.24) is 0 Å². The number of unbranched alkanes of at least 4 members (excludes halogenated alkanes) is 27. The summed E-state index contributed by atoms with van der Waals surface area (Å²) in [4.78, 5) is 42.9. The highest BCUT2D eigenvalue weighted by Crippen LogP contribution is 2.36. The summed E-state index contributed by atoms with van der Waals surface area (Å²) >= 11 is 0. The zero-order valence-electron chi connectivity index (χ0n) is 34.4. The maximum Gasteiger partial charge on any atom is 0.469 e. The lowest BCUT2D eigenvalue weighted by Crippen LogP contribution is -2.29. The lowest BCUT2D eigenvalue weighted by atomic mass is 10.1. The Bertz CT molecular complexity index is 915. The van der Waals surface area contributed by atoms with Crippen LogP contribution in [0.3, 0.4) is 0 Å². The number of carbonyl (C=O) groups excluding carboxylic acids is 2. The van der Waals surface area contributed by atoms with Crippen molar-refractivity contribution in [3.05, 3.63) is 24.3 Å². The molecular formula is C44H83O8P. The maximum absolute atomic E-state index is 12.4. The Morgan fingerprint density at radius 3 is 1.15 bits per heavy atom. The SMILES string of the molecule is CCCCCCCCC/C=C\CCCCCCCC(=O)O[C@H](COC(=O)CCCCCCCCC/C=C\CCCCCCCCCC)COP(=O)(O)O. The van der Waals surface area contributed by atoms with E-state index in [9.17, 15) is 14.2 Å². The van der Waals surface area contributed by atoms with Crippen LogP contribution in [-0.2, 0) is 28.2 Å². The lowest BCUT2D eigenvalue weighted by molar-refractivity contribution is -0.161. The molecule has 0 aromatic rings. The minimum Gasteiger partial charge on any atom is -0.462 e. The minimum atomic E-state index is -4.76. The molecule has 0 aliphatic heterocycles. The number of esters is 2. The zero-order valence-corrected chi connectivity index (χ0v) is 35.3. The number of hydrogen-bond donors (Lipinski definition) is 2. The highest BCUT2D eigenvalue weighted by Gasteiger charge is 2.22. The molecule has 312 valence electrons. The van der Waals surface area contributed by atoms with Crippen LogP contribution >= 0.6 is 7.82 Å². The van der Waals surface area contributed by atoms with Crippen molar-refractivity contribution in [2.24, 2.45) is 0 Å². The van der Waals surface area contributed by atoms with E-state index in [0.717, 1.165) is 64.2 Å². The molecule has 0 saturated heterocycles. The van der Waals surface area contributed by atoms with Crippen LogP contribution in [0.15, 0.2) is 24.3 Å². The van der Waals surface area contributed by atoms with Gasteiger partial charge in [-0.2, -0.15) is 0 Å². The van der Waals surface area contributed by atoms with Crippen LogP contribution in [0, 0.1) is 0 Å². The van der Waals surface area contributed by atoms with Gasteiger partial charge in [0.2, 0.25) is 0 Å². The molecule has 0 rings (SSSR count). The van der Waals surface area contributed by atoms with Gasteiger partial charge in [-0.15, -0.1) is 0 Å². The summed E-state index contributed by atoms with van der Waals surface area (Å²) in [5, 5.41) is 0. The summed E-state index contributed by atoms with van der Waals surface area (Å²) in [5.74, 6) is -0.892. The number of phosphoric acid groups is 1. The summed E-state index contributed by atoms with van der Waals surface area (Å²) in [7, 11) is -4.76. The van der Waals surface area contributed by atoms with Gasteiger partial charge in [0.1, 0.15) is 6.61 Å². The van der Waals surface area contributed by atoms with Gasteiger partial charge in [0.15, 0.2) is 6.10 Å². The van der Waals surface area contributed by atoms with Gasteiger partial charge in [-0.05, 0) is 64.2 Å². The van der Waals surface area contributed by atoms with E-state index in [1.807, 2.05) is 0 Å². The number of hydrogen-bond acceptors (Lipinski definition) is 6. The number of phosphoric ester groups is 1. The molecule has 0 heterocycles. The average molecular weight is 771 g/mol. The van der Waals surface area contributed by atoms with E-state index in [1.165, 1.54) is 128 Å². The Balaban J connectivity index is 3.89. The van der Waals surface area contributed by atoms with Crippen molar-refractivity contribution in [1.29, 1.82) is 0 Å². The molecule has 9 heteroatoms. The van der Waals surface area contributed by atoms with Crippen LogP contribution < -0.4 is 0 Å². The van der Waals surface area contributed by atoms with E-state index < -0.39 is 32.5 Å². The van der Waals surface area contributed by atoms with Crippen molar-refractivity contribution >= 4 is 19.8 Å². The first kappa shape index (κ1) is 51.5. The van der Waals surface area contributed by atoms with Crippen molar-refractivity contribution in [3.8, 4) is 0 Å². The molecule has 2 N–H and O–H groups in total. The quantitative estimate of drug-likeness (QED) is 0.0273. The minimum absolute atomic E-state index is 0.203. The van der Waals surface area contributed by atoms with Crippen LogP contribution in [0.2, 0.25) is 0 Å². The first-order valence-electron chi connectivity index (χ1n) is 22.1. The first-order chi connectivity index (χ1) is 25.8. The standard InChI is InChI=1S/C44H83O8P/c1-3-5-7-9-11-13-15-17-19-21-22-23-25-26-28-30-32-34-36-38-43(45)50-40-42(41-51-53(47,48)49)52-44(46)39-37-35-33-31-29-27-24-20-18-16-14-12-10-8-6-4-2/h20-22,24,42H,3-19,23,25-41H2,1-2H3,(H2,47,48,49)/b22-21-,24-20-/t42-/m1/s1. The third-order valence-electron chi connectivity index (χ3n) is 9.69. The molecule has 0 radical (unpaired) electrons. The highest BCUT2D eigenvalue weighted by atomic mass is 31.2. The monoisotopic (exact) mass is 771 g/mol. The molecule has 0 bridgehead atoms. The Kier molecular flexibility index (Phi) is 39.1. The molecule has 0 unspecified atom stereocenters. The van der Waals surface area contributed by atoms with Gasteiger partial charge in [0, 0.05) is 12.8 Å². The van der Waals surface area contributed by atoms with Crippen LogP contribution in [0.5, 0.6) is 0 Å². The van der Waals surface area contributed by atoms with E-state index in [4.69, 9.17) is 19.3 Å². The average Bonchev–Trinajstić information content (AvgIpc) is 3.13. The van der Waals surface area contributed by atoms with Gasteiger partial charge < -0.3 is 19.3 Å². The Labute approximate surface area is 326 Å². The van der Waals surface area contributed by atoms with Crippen molar-refractivity contribution in [2.45, 2.75) is 232 Å². The van der Waals surface area contributed by atoms with Gasteiger partial charge in [-0.25, -0.2) is 4.57 Å². The smallest absolute Gasteiger partial charge is 0.462 e. The van der Waals surface area contributed by atoms with E-state index in [1.54, 1.807) is 0 Å². The molecular weight excluding hydrogens is 687 g/mol. The highest BCUT2D eigenvalue weighted by molar-refractivity contribution is 7.46. The molecule has 0 spiro atoms. The summed E-state index contributed by atoms with van der Waals surface area (Å²) in [6, 6.07) is 0. The largest absolute Gasteiger partial charge is 0.469 e. The molecule has 53 heavy (non-hydrogen) atoms. The molecule has 1 atom stereocenters. The fourth-order valence-electron chi connectivity index (χ4n) is 6.36. The van der Waals surface area contributed by atoms with Gasteiger partial charge in [0.05, 0.1) is 6.61 Å². The second kappa shape index (κ2) is 40.2. The summed E-state index contributed by atoms with van der Waals surface area (Å²) in [6.07, 6.45) is 46.1. The third kappa shape index (κ3) is 43.1. The Morgan fingerprint density at radius 1 is 0.472 bits per heavy atom. The molecule has 0 aliphatic carbocycles. The third-order valence-corrected chi connectivity index (χ3v) is 10.2. The van der Waals surface area contributed by atoms with Crippen molar-refractivity contribution < 1.29 is 37.9 Å². The van der Waals surface area contributed by atoms with E-state index in [-0.39, 0.29) is 19.4 Å². The molecule has 0 fully saturated rings. The number of rotatable bonds is 41. The second-order valence-electron chi connectivity index (χ2n) is 15.0. The molecule has 0 aromatic carbocycles.